The Balaban J connectivity index is 2.75. The zero-order chi connectivity index (χ0) is 50.4. The highest BCUT2D eigenvalue weighted by molar-refractivity contribution is 5.74. The summed E-state index contributed by atoms with van der Waals surface area (Å²) in [7, 11) is 0. The highest BCUT2D eigenvalue weighted by Crippen LogP contribution is 2.26. The molecule has 0 bridgehead atoms. The first kappa shape index (κ1) is 63.2. The van der Waals surface area contributed by atoms with E-state index in [9.17, 15) is 34.5 Å². The van der Waals surface area contributed by atoms with Gasteiger partial charge in [-0.3, -0.25) is 14.4 Å². The molecule has 0 amide bonds. The van der Waals surface area contributed by atoms with Crippen molar-refractivity contribution in [3.63, 3.8) is 0 Å². The third-order valence-electron chi connectivity index (χ3n) is 11.7. The van der Waals surface area contributed by atoms with Crippen molar-refractivity contribution in [2.24, 2.45) is 0 Å². The molecule has 0 aromatic heterocycles. The summed E-state index contributed by atoms with van der Waals surface area (Å²) >= 11 is 0. The van der Waals surface area contributed by atoms with Gasteiger partial charge in [0.15, 0.2) is 24.6 Å². The number of aliphatic carboxylic acids is 1. The predicted octanol–water partition coefficient (Wildman–Crippen LogP) is 13.0. The molecule has 6 atom stereocenters. The second-order valence-corrected chi connectivity index (χ2v) is 18.1. The van der Waals surface area contributed by atoms with Crippen molar-refractivity contribution < 1.29 is 58.2 Å². The third-order valence-corrected chi connectivity index (χ3v) is 11.7. The predicted molar refractivity (Wildman–Crippen MR) is 275 cm³/mol. The molecule has 12 nitrogen and oxygen atoms in total. The molecule has 12 heteroatoms. The van der Waals surface area contributed by atoms with Crippen LogP contribution in [0.2, 0.25) is 0 Å². The van der Waals surface area contributed by atoms with Gasteiger partial charge < -0.3 is 39.0 Å². The highest BCUT2D eigenvalue weighted by Gasteiger charge is 2.50. The molecule has 0 spiro atoms. The summed E-state index contributed by atoms with van der Waals surface area (Å²) in [6, 6.07) is 0. The lowest BCUT2D eigenvalue weighted by Gasteiger charge is -2.40. The topological polar surface area (TPSA) is 175 Å². The van der Waals surface area contributed by atoms with Crippen LogP contribution in [0.1, 0.15) is 213 Å². The first-order valence-electron chi connectivity index (χ1n) is 26.9. The van der Waals surface area contributed by atoms with Crippen LogP contribution in [-0.2, 0) is 42.9 Å². The number of hydrogen-bond donors (Lipinski definition) is 3. The number of rotatable bonds is 44. The maximum absolute atomic E-state index is 13.1. The van der Waals surface area contributed by atoms with Gasteiger partial charge in [0, 0.05) is 19.3 Å². The standard InChI is InChI=1S/C57H94O12/c1-4-7-10-13-16-19-22-24-25-27-30-33-36-39-42-45-51(60)68-55-53(62)52(61)54(56(63)64)69-57(55)66-47-48(67-50(59)44-41-38-35-32-28-21-18-15-12-9-6-3)46-65-49(58)43-40-37-34-31-29-26-23-20-17-14-11-8-5-2/h7,10-11,14,16,19-20,23-25,30,33,48,52-55,57,61-62H,4-6,8-9,12-13,15,17-18,21-22,26-29,31-32,34-47H2,1-3H3,(H,63,64)/b10-7-,14-11-,19-16-,23-20-,25-24-,33-30-. The number of aliphatic hydroxyl groups is 2. The van der Waals surface area contributed by atoms with Gasteiger partial charge in [0.2, 0.25) is 0 Å². The van der Waals surface area contributed by atoms with Gasteiger partial charge in [0.25, 0.3) is 0 Å². The van der Waals surface area contributed by atoms with Gasteiger partial charge in [0.1, 0.15) is 18.8 Å². The molecule has 6 unspecified atom stereocenters. The minimum Gasteiger partial charge on any atom is -0.479 e. The van der Waals surface area contributed by atoms with E-state index < -0.39 is 67.3 Å². The summed E-state index contributed by atoms with van der Waals surface area (Å²) in [6.45, 7) is 5.75. The minimum absolute atomic E-state index is 0.00571. The number of ether oxygens (including phenoxy) is 5. The fourth-order valence-electron chi connectivity index (χ4n) is 7.63. The maximum atomic E-state index is 13.1. The van der Waals surface area contributed by atoms with Crippen LogP contribution in [0.4, 0.5) is 0 Å². The van der Waals surface area contributed by atoms with Gasteiger partial charge in [-0.1, -0.05) is 184 Å². The highest BCUT2D eigenvalue weighted by atomic mass is 16.7. The Morgan fingerprint density at radius 1 is 0.493 bits per heavy atom. The largest absolute Gasteiger partial charge is 0.479 e. The summed E-state index contributed by atoms with van der Waals surface area (Å²) < 4.78 is 28.2. The van der Waals surface area contributed by atoms with Crippen LogP contribution in [0.5, 0.6) is 0 Å². The zero-order valence-electron chi connectivity index (χ0n) is 43.0. The number of carbonyl (C=O) groups is 4. The summed E-state index contributed by atoms with van der Waals surface area (Å²) in [6.07, 6.45) is 43.2. The van der Waals surface area contributed by atoms with Crippen molar-refractivity contribution in [3.05, 3.63) is 72.9 Å². The van der Waals surface area contributed by atoms with E-state index in [1.54, 1.807) is 0 Å². The number of aliphatic hydroxyl groups excluding tert-OH is 2. The van der Waals surface area contributed by atoms with E-state index in [4.69, 9.17) is 23.7 Å². The molecular formula is C57H94O12. The molecule has 1 aliphatic rings. The fraction of sp³-hybridized carbons (Fsp3) is 0.719. The Morgan fingerprint density at radius 2 is 0.942 bits per heavy atom. The first-order valence-corrected chi connectivity index (χ1v) is 26.9. The second kappa shape index (κ2) is 45.3. The summed E-state index contributed by atoms with van der Waals surface area (Å²) in [4.78, 5) is 50.8. The van der Waals surface area contributed by atoms with Crippen molar-refractivity contribution in [2.45, 2.75) is 250 Å². The minimum atomic E-state index is -1.92. The van der Waals surface area contributed by atoms with E-state index >= 15 is 0 Å². The summed E-state index contributed by atoms with van der Waals surface area (Å²) in [5.41, 5.74) is 0. The average Bonchev–Trinajstić information content (AvgIpc) is 3.33. The van der Waals surface area contributed by atoms with Crippen LogP contribution in [0.3, 0.4) is 0 Å². The number of carbonyl (C=O) groups excluding carboxylic acids is 3. The van der Waals surface area contributed by atoms with Gasteiger partial charge in [-0.25, -0.2) is 4.79 Å². The van der Waals surface area contributed by atoms with Gasteiger partial charge in [0.05, 0.1) is 6.61 Å². The Hall–Kier alpha value is -3.84. The zero-order valence-corrected chi connectivity index (χ0v) is 43.0. The van der Waals surface area contributed by atoms with Crippen LogP contribution >= 0.6 is 0 Å². The molecule has 0 radical (unpaired) electrons. The van der Waals surface area contributed by atoms with Gasteiger partial charge in [-0.15, -0.1) is 0 Å². The molecule has 0 aliphatic carbocycles. The molecule has 3 N–H and O–H groups in total. The summed E-state index contributed by atoms with van der Waals surface area (Å²) in [5, 5.41) is 31.3. The van der Waals surface area contributed by atoms with E-state index in [-0.39, 0.29) is 25.9 Å². The van der Waals surface area contributed by atoms with Gasteiger partial charge in [-0.05, 0) is 83.5 Å². The molecule has 0 aromatic rings. The third kappa shape index (κ3) is 35.8. The van der Waals surface area contributed by atoms with Crippen LogP contribution in [0, 0.1) is 0 Å². The Bertz CT molecular complexity index is 1480. The van der Waals surface area contributed by atoms with Crippen LogP contribution < -0.4 is 0 Å². The van der Waals surface area contributed by atoms with Gasteiger partial charge >= 0.3 is 23.9 Å². The monoisotopic (exact) mass is 971 g/mol. The SMILES string of the molecule is CC/C=C\C/C=C\C/C=C\C/C=C\CCCCC(=O)OC1C(OCC(COC(=O)CCCCCCC/C=C\C/C=C\CCC)OC(=O)CCCCCCCCCCCCC)OC(C(=O)O)C(O)C1O. The van der Waals surface area contributed by atoms with Crippen molar-refractivity contribution >= 4 is 23.9 Å². The first-order chi connectivity index (χ1) is 33.6. The summed E-state index contributed by atoms with van der Waals surface area (Å²) in [5.74, 6) is -3.20. The maximum Gasteiger partial charge on any atom is 0.335 e. The lowest BCUT2D eigenvalue weighted by atomic mass is 9.98. The Labute approximate surface area is 417 Å². The average molecular weight is 971 g/mol. The van der Waals surface area contributed by atoms with E-state index in [2.05, 4.69) is 93.7 Å². The van der Waals surface area contributed by atoms with Crippen molar-refractivity contribution in [1.29, 1.82) is 0 Å². The molecule has 69 heavy (non-hydrogen) atoms. The van der Waals surface area contributed by atoms with Crippen LogP contribution in [0.15, 0.2) is 72.9 Å². The number of carboxylic acid groups (broad SMARTS) is 1. The van der Waals surface area contributed by atoms with Crippen molar-refractivity contribution in [3.8, 4) is 0 Å². The number of unbranched alkanes of at least 4 members (excludes halogenated alkanes) is 18. The number of esters is 3. The molecule has 1 saturated heterocycles. The second-order valence-electron chi connectivity index (χ2n) is 18.1. The smallest absolute Gasteiger partial charge is 0.335 e. The molecule has 1 fully saturated rings. The number of allylic oxidation sites excluding steroid dienone is 12. The lowest BCUT2D eigenvalue weighted by Crippen LogP contribution is -2.61. The Morgan fingerprint density at radius 3 is 1.48 bits per heavy atom. The molecule has 1 rings (SSSR count). The molecule has 394 valence electrons. The molecule has 0 aromatic carbocycles. The van der Waals surface area contributed by atoms with Crippen molar-refractivity contribution in [1.82, 2.24) is 0 Å². The van der Waals surface area contributed by atoms with E-state index in [0.717, 1.165) is 103 Å². The number of carboxylic acids is 1. The normalized spacial score (nSPS) is 19.2. The fourth-order valence-corrected chi connectivity index (χ4v) is 7.63. The van der Waals surface area contributed by atoms with Crippen LogP contribution in [-0.4, -0.2) is 89.2 Å². The van der Waals surface area contributed by atoms with Crippen molar-refractivity contribution in [2.75, 3.05) is 13.2 Å². The van der Waals surface area contributed by atoms with Gasteiger partial charge in [-0.2, -0.15) is 0 Å². The lowest BCUT2D eigenvalue weighted by molar-refractivity contribution is -0.301. The van der Waals surface area contributed by atoms with E-state index in [1.807, 2.05) is 0 Å². The molecular weight excluding hydrogens is 877 g/mol. The quantitative estimate of drug-likeness (QED) is 0.0228. The molecule has 0 saturated carbocycles. The number of hydrogen-bond acceptors (Lipinski definition) is 11. The van der Waals surface area contributed by atoms with Crippen LogP contribution in [0.25, 0.3) is 0 Å². The molecule has 1 heterocycles. The molecule has 1 aliphatic heterocycles. The van der Waals surface area contributed by atoms with E-state index in [1.165, 1.54) is 44.9 Å². The Kier molecular flexibility index (Phi) is 41.5. The van der Waals surface area contributed by atoms with E-state index in [0.29, 0.717) is 25.7 Å².